The van der Waals surface area contributed by atoms with E-state index in [0.29, 0.717) is 11.4 Å². The quantitative estimate of drug-likeness (QED) is 0.585. The molecule has 0 N–H and O–H groups in total. The highest BCUT2D eigenvalue weighted by Gasteiger charge is 1.93. The van der Waals surface area contributed by atoms with Gasteiger partial charge in [0, 0.05) is 6.20 Å². The van der Waals surface area contributed by atoms with Gasteiger partial charge in [0.15, 0.2) is 0 Å². The molecule has 0 heterocycles. The lowest BCUT2D eigenvalue weighted by atomic mass is 10.3. The number of hydrogen-bond acceptors (Lipinski definition) is 4. The topological polar surface area (TPSA) is 72.3 Å². The second kappa shape index (κ2) is 5.82. The Morgan fingerprint density at radius 1 is 1.58 bits per heavy atom. The molecular weight excluding hydrogens is 152 g/mol. The fourth-order valence-electron chi connectivity index (χ4n) is 0.541. The van der Waals surface area contributed by atoms with Gasteiger partial charge in [-0.25, -0.2) is 4.99 Å². The van der Waals surface area contributed by atoms with E-state index >= 15 is 0 Å². The molecule has 0 aliphatic rings. The van der Waals surface area contributed by atoms with E-state index in [4.69, 9.17) is 10.5 Å². The van der Waals surface area contributed by atoms with Crippen molar-refractivity contribution >= 4 is 12.4 Å². The van der Waals surface area contributed by atoms with Gasteiger partial charge in [0.05, 0.1) is 18.2 Å². The van der Waals surface area contributed by atoms with E-state index in [-0.39, 0.29) is 6.42 Å². The van der Waals surface area contributed by atoms with Gasteiger partial charge >= 0.3 is 0 Å². The van der Waals surface area contributed by atoms with Gasteiger partial charge in [-0.1, -0.05) is 0 Å². The summed E-state index contributed by atoms with van der Waals surface area (Å²) in [4.78, 5) is 7.30. The molecule has 0 spiro atoms. The molecule has 0 bridgehead atoms. The summed E-state index contributed by atoms with van der Waals surface area (Å²) in [5.74, 6) is 0. The number of nitrogens with zero attached hydrogens (tertiary/aromatic N) is 4. The SMILES string of the molecule is C=N/C=C(/CC#N)N=C(C)C#N. The van der Waals surface area contributed by atoms with Gasteiger partial charge in [-0.2, -0.15) is 10.5 Å². The van der Waals surface area contributed by atoms with Crippen molar-refractivity contribution in [3.05, 3.63) is 11.9 Å². The van der Waals surface area contributed by atoms with E-state index in [1.54, 1.807) is 6.92 Å². The van der Waals surface area contributed by atoms with Gasteiger partial charge in [0.25, 0.3) is 0 Å². The first kappa shape index (κ1) is 10.1. The van der Waals surface area contributed by atoms with Gasteiger partial charge in [-0.3, -0.25) is 4.99 Å². The van der Waals surface area contributed by atoms with Gasteiger partial charge in [0.2, 0.25) is 0 Å². The third-order valence-electron chi connectivity index (χ3n) is 0.974. The number of allylic oxidation sites excluding steroid dienone is 1. The van der Waals surface area contributed by atoms with E-state index in [1.165, 1.54) is 6.20 Å². The number of nitriles is 2. The summed E-state index contributed by atoms with van der Waals surface area (Å²) in [5.41, 5.74) is 0.756. The van der Waals surface area contributed by atoms with E-state index in [9.17, 15) is 0 Å². The van der Waals surface area contributed by atoms with Crippen LogP contribution in [-0.4, -0.2) is 12.4 Å². The Hall–Kier alpha value is -1.94. The minimum absolute atomic E-state index is 0.137. The summed E-state index contributed by atoms with van der Waals surface area (Å²) in [7, 11) is 0. The molecule has 0 aliphatic heterocycles. The smallest absolute Gasteiger partial charge is 0.115 e. The van der Waals surface area contributed by atoms with E-state index < -0.39 is 0 Å². The molecule has 0 aromatic rings. The zero-order valence-electron chi connectivity index (χ0n) is 6.78. The maximum atomic E-state index is 8.38. The summed E-state index contributed by atoms with van der Waals surface area (Å²) in [6.45, 7) is 4.79. The molecule has 0 rings (SSSR count). The lowest BCUT2D eigenvalue weighted by molar-refractivity contribution is 1.15. The zero-order valence-corrected chi connectivity index (χ0v) is 6.78. The fourth-order valence-corrected chi connectivity index (χ4v) is 0.541. The molecule has 0 saturated carbocycles. The summed E-state index contributed by atoms with van der Waals surface area (Å²) in [5, 5.41) is 16.7. The number of rotatable bonds is 3. The summed E-state index contributed by atoms with van der Waals surface area (Å²) >= 11 is 0. The highest BCUT2D eigenvalue weighted by Crippen LogP contribution is 2.02. The van der Waals surface area contributed by atoms with Crippen molar-refractivity contribution in [1.82, 2.24) is 0 Å². The van der Waals surface area contributed by atoms with Crippen LogP contribution in [0.5, 0.6) is 0 Å². The van der Waals surface area contributed by atoms with Crippen LogP contribution in [0.4, 0.5) is 0 Å². The van der Waals surface area contributed by atoms with Crippen molar-refractivity contribution in [1.29, 1.82) is 10.5 Å². The molecule has 4 heteroatoms. The number of aliphatic imine (C=N–C) groups is 2. The van der Waals surface area contributed by atoms with Crippen LogP contribution in [0.2, 0.25) is 0 Å². The van der Waals surface area contributed by atoms with Gasteiger partial charge < -0.3 is 0 Å². The van der Waals surface area contributed by atoms with Crippen molar-refractivity contribution < 1.29 is 0 Å². The average Bonchev–Trinajstić information content (AvgIpc) is 2.05. The molecule has 0 aromatic carbocycles. The van der Waals surface area contributed by atoms with Crippen LogP contribution < -0.4 is 0 Å². The van der Waals surface area contributed by atoms with Crippen molar-refractivity contribution in [3.8, 4) is 12.1 Å². The summed E-state index contributed by atoms with van der Waals surface area (Å²) in [6.07, 6.45) is 1.50. The van der Waals surface area contributed by atoms with E-state index in [1.807, 2.05) is 12.1 Å². The highest BCUT2D eigenvalue weighted by atomic mass is 14.8. The first-order chi connectivity index (χ1) is 5.74. The van der Waals surface area contributed by atoms with E-state index in [2.05, 4.69) is 16.7 Å². The molecule has 60 valence electrons. The summed E-state index contributed by atoms with van der Waals surface area (Å²) in [6, 6.07) is 3.76. The third kappa shape index (κ3) is 3.97. The predicted octanol–water partition coefficient (Wildman–Crippen LogP) is 1.43. The molecular formula is C8H8N4. The lowest BCUT2D eigenvalue weighted by Gasteiger charge is -1.91. The van der Waals surface area contributed by atoms with Crippen molar-refractivity contribution in [2.45, 2.75) is 13.3 Å². The normalized spacial score (nSPS) is 11.6. The van der Waals surface area contributed by atoms with Crippen LogP contribution >= 0.6 is 0 Å². The Kier molecular flexibility index (Phi) is 4.88. The van der Waals surface area contributed by atoms with Gasteiger partial charge in [0.1, 0.15) is 11.8 Å². The van der Waals surface area contributed by atoms with Gasteiger partial charge in [-0.05, 0) is 13.6 Å². The molecule has 0 radical (unpaired) electrons. The standard InChI is InChI=1S/C8H8N4/c1-7(5-10)12-8(3-4-9)6-11-2/h6H,2-3H2,1H3/b8-6-,12-7?. The first-order valence-corrected chi connectivity index (χ1v) is 3.21. The van der Waals surface area contributed by atoms with Gasteiger partial charge in [-0.15, -0.1) is 0 Å². The fraction of sp³-hybridized carbons (Fsp3) is 0.250. The van der Waals surface area contributed by atoms with Crippen LogP contribution in [0, 0.1) is 22.7 Å². The third-order valence-corrected chi connectivity index (χ3v) is 0.974. The second-order valence-electron chi connectivity index (χ2n) is 1.95. The average molecular weight is 160 g/mol. The molecule has 0 amide bonds. The monoisotopic (exact) mass is 160 g/mol. The molecule has 12 heavy (non-hydrogen) atoms. The molecule has 0 fully saturated rings. The minimum Gasteiger partial charge on any atom is -0.271 e. The molecule has 0 unspecified atom stereocenters. The molecule has 4 nitrogen and oxygen atoms in total. The van der Waals surface area contributed by atoms with Crippen LogP contribution in [-0.2, 0) is 0 Å². The predicted molar refractivity (Wildman–Crippen MR) is 46.6 cm³/mol. The Balaban J connectivity index is 4.59. The first-order valence-electron chi connectivity index (χ1n) is 3.21. The van der Waals surface area contributed by atoms with Crippen LogP contribution in [0.25, 0.3) is 0 Å². The van der Waals surface area contributed by atoms with Crippen LogP contribution in [0.1, 0.15) is 13.3 Å². The number of hydrogen-bond donors (Lipinski definition) is 0. The van der Waals surface area contributed by atoms with Crippen molar-refractivity contribution in [2.24, 2.45) is 9.98 Å². The zero-order chi connectivity index (χ0) is 9.40. The molecule has 0 aliphatic carbocycles. The molecule has 0 aromatic heterocycles. The van der Waals surface area contributed by atoms with Crippen LogP contribution in [0.3, 0.4) is 0 Å². The molecule has 0 atom stereocenters. The Morgan fingerprint density at radius 2 is 2.25 bits per heavy atom. The Morgan fingerprint density at radius 3 is 2.67 bits per heavy atom. The maximum Gasteiger partial charge on any atom is 0.115 e. The largest absolute Gasteiger partial charge is 0.271 e. The molecule has 0 saturated heterocycles. The second-order valence-corrected chi connectivity index (χ2v) is 1.95. The van der Waals surface area contributed by atoms with Crippen molar-refractivity contribution in [3.63, 3.8) is 0 Å². The van der Waals surface area contributed by atoms with Crippen LogP contribution in [0.15, 0.2) is 21.9 Å². The highest BCUT2D eigenvalue weighted by molar-refractivity contribution is 5.96. The lowest BCUT2D eigenvalue weighted by Crippen LogP contribution is -1.86. The summed E-state index contributed by atoms with van der Waals surface area (Å²) < 4.78 is 0. The maximum absolute atomic E-state index is 8.38. The Bertz CT molecular complexity index is 298. The van der Waals surface area contributed by atoms with Crippen molar-refractivity contribution in [2.75, 3.05) is 0 Å². The van der Waals surface area contributed by atoms with E-state index in [0.717, 1.165) is 0 Å². The minimum atomic E-state index is 0.137. The Labute approximate surface area is 71.2 Å².